The summed E-state index contributed by atoms with van der Waals surface area (Å²) in [5.41, 5.74) is -0.00195. The zero-order valence-corrected chi connectivity index (χ0v) is 9.74. The minimum absolute atomic E-state index is 0.00195. The molecule has 1 aromatic heterocycles. The number of halogens is 3. The third kappa shape index (κ3) is 2.90. The van der Waals surface area contributed by atoms with E-state index in [4.69, 9.17) is 5.11 Å². The number of rotatable bonds is 2. The van der Waals surface area contributed by atoms with Gasteiger partial charge in [-0.2, -0.15) is 13.2 Å². The lowest BCUT2D eigenvalue weighted by atomic mass is 10.1. The molecular weight excluding hydrogens is 247 g/mol. The summed E-state index contributed by atoms with van der Waals surface area (Å²) in [4.78, 5) is 8.67. The molecule has 0 radical (unpaired) electrons. The molecule has 1 fully saturated rings. The molecule has 1 saturated heterocycles. The van der Waals surface area contributed by atoms with Gasteiger partial charge >= 0.3 is 6.18 Å². The third-order valence-electron chi connectivity index (χ3n) is 2.86. The summed E-state index contributed by atoms with van der Waals surface area (Å²) in [6.45, 7) is 0.866. The van der Waals surface area contributed by atoms with Gasteiger partial charge in [-0.3, -0.25) is 0 Å². The fraction of sp³-hybridized carbons (Fsp3) is 0.636. The second-order valence-electron chi connectivity index (χ2n) is 4.24. The first kappa shape index (κ1) is 13.1. The average molecular weight is 261 g/mol. The predicted octanol–water partition coefficient (Wildman–Crippen LogP) is 1.98. The zero-order valence-electron chi connectivity index (χ0n) is 9.74. The highest BCUT2D eigenvalue weighted by Crippen LogP contribution is 2.28. The quantitative estimate of drug-likeness (QED) is 0.884. The Balaban J connectivity index is 2.34. The second-order valence-corrected chi connectivity index (χ2v) is 4.24. The van der Waals surface area contributed by atoms with Crippen LogP contribution in [-0.4, -0.2) is 28.2 Å². The Kier molecular flexibility index (Phi) is 3.70. The van der Waals surface area contributed by atoms with E-state index in [-0.39, 0.29) is 11.5 Å². The minimum Gasteiger partial charge on any atom is -0.390 e. The van der Waals surface area contributed by atoms with Gasteiger partial charge in [0.05, 0.1) is 12.3 Å². The molecule has 100 valence electrons. The van der Waals surface area contributed by atoms with Gasteiger partial charge in [-0.05, 0) is 19.3 Å². The molecule has 1 N–H and O–H groups in total. The van der Waals surface area contributed by atoms with Crippen molar-refractivity contribution in [2.24, 2.45) is 0 Å². The molecule has 1 aliphatic rings. The van der Waals surface area contributed by atoms with Crippen LogP contribution in [0.3, 0.4) is 0 Å². The van der Waals surface area contributed by atoms with Crippen molar-refractivity contribution in [3.63, 3.8) is 0 Å². The molecule has 7 heteroatoms. The number of aromatic nitrogens is 2. The highest BCUT2D eigenvalue weighted by molar-refractivity contribution is 5.40. The van der Waals surface area contributed by atoms with E-state index in [9.17, 15) is 13.2 Å². The Labute approximate surface area is 102 Å². The van der Waals surface area contributed by atoms with E-state index < -0.39 is 18.6 Å². The van der Waals surface area contributed by atoms with Gasteiger partial charge in [-0.15, -0.1) is 0 Å². The molecule has 2 rings (SSSR count). The Morgan fingerprint density at radius 2 is 1.83 bits per heavy atom. The second kappa shape index (κ2) is 5.09. The number of hydrogen-bond donors (Lipinski definition) is 1. The molecule has 0 atom stereocenters. The van der Waals surface area contributed by atoms with E-state index in [2.05, 4.69) is 9.97 Å². The lowest BCUT2D eigenvalue weighted by Gasteiger charge is -2.28. The molecule has 18 heavy (non-hydrogen) atoms. The van der Waals surface area contributed by atoms with Crippen molar-refractivity contribution in [3.05, 3.63) is 17.6 Å². The molecule has 2 heterocycles. The highest BCUT2D eigenvalue weighted by atomic mass is 19.4. The fourth-order valence-corrected chi connectivity index (χ4v) is 1.98. The lowest BCUT2D eigenvalue weighted by Crippen LogP contribution is -2.31. The van der Waals surface area contributed by atoms with E-state index in [1.165, 1.54) is 6.07 Å². The van der Waals surface area contributed by atoms with Crippen LogP contribution in [0.4, 0.5) is 19.0 Å². The van der Waals surface area contributed by atoms with Crippen LogP contribution in [0.15, 0.2) is 6.07 Å². The normalized spacial score (nSPS) is 17.0. The van der Waals surface area contributed by atoms with Crippen molar-refractivity contribution in [2.45, 2.75) is 32.0 Å². The molecular formula is C11H14F3N3O. The molecule has 1 aliphatic heterocycles. The number of nitrogens with zero attached hydrogens (tertiary/aromatic N) is 3. The summed E-state index contributed by atoms with van der Waals surface area (Å²) in [5.74, 6) is -0.935. The van der Waals surface area contributed by atoms with Gasteiger partial charge < -0.3 is 10.0 Å². The number of alkyl halides is 3. The summed E-state index contributed by atoms with van der Waals surface area (Å²) >= 11 is 0. The highest BCUT2D eigenvalue weighted by Gasteiger charge is 2.35. The van der Waals surface area contributed by atoms with Gasteiger partial charge in [0.15, 0.2) is 0 Å². The Hall–Kier alpha value is -1.37. The van der Waals surface area contributed by atoms with Crippen molar-refractivity contribution < 1.29 is 18.3 Å². The molecule has 0 saturated carbocycles. The summed E-state index contributed by atoms with van der Waals surface area (Å²) in [5, 5.41) is 8.97. The SMILES string of the molecule is OCc1cc(N2CCCCC2)nc(C(F)(F)F)n1. The molecule has 0 bridgehead atoms. The third-order valence-corrected chi connectivity index (χ3v) is 2.86. The maximum atomic E-state index is 12.6. The van der Waals surface area contributed by atoms with E-state index in [0.717, 1.165) is 19.3 Å². The minimum atomic E-state index is -4.59. The number of piperidine rings is 1. The van der Waals surface area contributed by atoms with Crippen LogP contribution in [0.2, 0.25) is 0 Å². The maximum Gasteiger partial charge on any atom is 0.451 e. The first-order valence-electron chi connectivity index (χ1n) is 5.81. The van der Waals surface area contributed by atoms with Crippen LogP contribution >= 0.6 is 0 Å². The number of hydrogen-bond acceptors (Lipinski definition) is 4. The predicted molar refractivity (Wildman–Crippen MR) is 59.0 cm³/mol. The van der Waals surface area contributed by atoms with E-state index in [1.54, 1.807) is 4.90 Å². The summed E-state index contributed by atoms with van der Waals surface area (Å²) in [6.07, 6.45) is -1.62. The lowest BCUT2D eigenvalue weighted by molar-refractivity contribution is -0.145. The molecule has 0 aliphatic carbocycles. The van der Waals surface area contributed by atoms with Crippen LogP contribution in [0.25, 0.3) is 0 Å². The van der Waals surface area contributed by atoms with E-state index in [1.807, 2.05) is 0 Å². The maximum absolute atomic E-state index is 12.6. The molecule has 1 aromatic rings. The number of aliphatic hydroxyl groups excluding tert-OH is 1. The van der Waals surface area contributed by atoms with Gasteiger partial charge in [0.1, 0.15) is 5.82 Å². The van der Waals surface area contributed by atoms with E-state index >= 15 is 0 Å². The Morgan fingerprint density at radius 3 is 2.39 bits per heavy atom. The van der Waals surface area contributed by atoms with Crippen LogP contribution in [0.5, 0.6) is 0 Å². The first-order valence-corrected chi connectivity index (χ1v) is 5.81. The molecule has 0 aromatic carbocycles. The van der Waals surface area contributed by atoms with Gasteiger partial charge in [-0.25, -0.2) is 9.97 Å². The fourth-order valence-electron chi connectivity index (χ4n) is 1.98. The Bertz CT molecular complexity index is 416. The van der Waals surface area contributed by atoms with Crippen LogP contribution in [0.1, 0.15) is 30.8 Å². The smallest absolute Gasteiger partial charge is 0.390 e. The molecule has 0 amide bonds. The van der Waals surface area contributed by atoms with Crippen molar-refractivity contribution >= 4 is 5.82 Å². The van der Waals surface area contributed by atoms with Crippen molar-refractivity contribution in [1.82, 2.24) is 9.97 Å². The zero-order chi connectivity index (χ0) is 13.2. The molecule has 0 spiro atoms. The first-order chi connectivity index (χ1) is 8.50. The van der Waals surface area contributed by atoms with Gasteiger partial charge in [0.2, 0.25) is 5.82 Å². The average Bonchev–Trinajstić information content (AvgIpc) is 2.38. The molecule has 4 nitrogen and oxygen atoms in total. The van der Waals surface area contributed by atoms with Crippen LogP contribution in [-0.2, 0) is 12.8 Å². The molecule has 0 unspecified atom stereocenters. The van der Waals surface area contributed by atoms with Crippen molar-refractivity contribution in [2.75, 3.05) is 18.0 Å². The topological polar surface area (TPSA) is 49.2 Å². The van der Waals surface area contributed by atoms with Gasteiger partial charge in [-0.1, -0.05) is 0 Å². The standard InChI is InChI=1S/C11H14F3N3O/c12-11(13,14)10-15-8(7-18)6-9(16-10)17-4-2-1-3-5-17/h6,18H,1-5,7H2. The van der Waals surface area contributed by atoms with Gasteiger partial charge in [0, 0.05) is 19.2 Å². The van der Waals surface area contributed by atoms with Crippen molar-refractivity contribution in [1.29, 1.82) is 0 Å². The van der Waals surface area contributed by atoms with Crippen LogP contribution < -0.4 is 4.90 Å². The summed E-state index contributed by atoms with van der Waals surface area (Å²) < 4.78 is 37.9. The monoisotopic (exact) mass is 261 g/mol. The summed E-state index contributed by atoms with van der Waals surface area (Å²) in [7, 11) is 0. The Morgan fingerprint density at radius 1 is 1.17 bits per heavy atom. The van der Waals surface area contributed by atoms with Gasteiger partial charge in [0.25, 0.3) is 0 Å². The number of aliphatic hydroxyl groups is 1. The summed E-state index contributed by atoms with van der Waals surface area (Å²) in [6, 6.07) is 1.42. The van der Waals surface area contributed by atoms with Crippen LogP contribution in [0, 0.1) is 0 Å². The van der Waals surface area contributed by atoms with E-state index in [0.29, 0.717) is 13.1 Å². The largest absolute Gasteiger partial charge is 0.451 e. The number of anilines is 1. The van der Waals surface area contributed by atoms with Crippen molar-refractivity contribution in [3.8, 4) is 0 Å².